The molecule has 0 aliphatic carbocycles. The van der Waals surface area contributed by atoms with Crippen molar-refractivity contribution in [1.29, 1.82) is 0 Å². The monoisotopic (exact) mass is 365 g/mol. The molecule has 0 unspecified atom stereocenters. The molecule has 0 radical (unpaired) electrons. The zero-order valence-electron chi connectivity index (χ0n) is 11.2. The van der Waals surface area contributed by atoms with Crippen molar-refractivity contribution < 1.29 is 0 Å². The zero-order chi connectivity index (χ0) is 14.8. The van der Waals surface area contributed by atoms with Gasteiger partial charge in [-0.3, -0.25) is 4.79 Å². The largest absolute Gasteiger partial charge is 0.302 e. The van der Waals surface area contributed by atoms with E-state index in [-0.39, 0.29) is 5.56 Å². The van der Waals surface area contributed by atoms with Crippen LogP contribution in [0.1, 0.15) is 19.0 Å². The first-order valence-electron chi connectivity index (χ1n) is 6.43. The van der Waals surface area contributed by atoms with E-state index >= 15 is 0 Å². The van der Waals surface area contributed by atoms with Gasteiger partial charge >= 0.3 is 0 Å². The van der Waals surface area contributed by atoms with Gasteiger partial charge in [-0.05, 0) is 34.1 Å². The predicted molar refractivity (Wildman–Crippen MR) is 83.7 cm³/mol. The van der Waals surface area contributed by atoms with E-state index in [0.29, 0.717) is 14.8 Å². The Bertz CT molecular complexity index is 844. The van der Waals surface area contributed by atoms with Crippen LogP contribution in [0.3, 0.4) is 0 Å². The molecule has 0 saturated carbocycles. The Kier molecular flexibility index (Phi) is 4.07. The molecular formula is C13H12BrN5OS. The summed E-state index contributed by atoms with van der Waals surface area (Å²) in [6.45, 7) is 2.06. The van der Waals surface area contributed by atoms with Crippen LogP contribution >= 0.6 is 27.7 Å². The predicted octanol–water partition coefficient (Wildman–Crippen LogP) is 2.68. The SMILES string of the molecule is CCCc1cc(=O)[nH]c(Sc2nc(Br)cn3ccnc23)n1. The molecule has 0 fully saturated rings. The van der Waals surface area contributed by atoms with Gasteiger partial charge in [0.2, 0.25) is 0 Å². The van der Waals surface area contributed by atoms with Crippen LogP contribution in [0.4, 0.5) is 0 Å². The number of halogens is 1. The Labute approximate surface area is 133 Å². The average molecular weight is 366 g/mol. The standard InChI is InChI=1S/C13H12BrN5OS/c1-2-3-8-6-10(20)18-13(16-8)21-12-11-15-4-5-19(11)7-9(14)17-12/h4-7H,2-3H2,1H3,(H,16,18,20). The molecule has 0 aromatic carbocycles. The highest BCUT2D eigenvalue weighted by Gasteiger charge is 2.11. The minimum atomic E-state index is -0.148. The third kappa shape index (κ3) is 3.16. The lowest BCUT2D eigenvalue weighted by molar-refractivity contribution is 0.814. The summed E-state index contributed by atoms with van der Waals surface area (Å²) in [7, 11) is 0. The van der Waals surface area contributed by atoms with E-state index in [9.17, 15) is 4.79 Å². The molecule has 1 N–H and O–H groups in total. The highest BCUT2D eigenvalue weighted by molar-refractivity contribution is 9.10. The van der Waals surface area contributed by atoms with Crippen molar-refractivity contribution in [1.82, 2.24) is 24.3 Å². The fraction of sp³-hybridized carbons (Fsp3) is 0.231. The topological polar surface area (TPSA) is 75.9 Å². The molecule has 0 amide bonds. The van der Waals surface area contributed by atoms with E-state index < -0.39 is 0 Å². The first-order chi connectivity index (χ1) is 10.2. The van der Waals surface area contributed by atoms with Crippen LogP contribution in [0.5, 0.6) is 0 Å². The Hall–Kier alpha value is -1.67. The molecule has 3 heterocycles. The summed E-state index contributed by atoms with van der Waals surface area (Å²) in [6, 6.07) is 1.53. The minimum Gasteiger partial charge on any atom is -0.302 e. The van der Waals surface area contributed by atoms with Crippen LogP contribution in [0, 0.1) is 0 Å². The maximum atomic E-state index is 11.7. The number of nitrogens with one attached hydrogen (secondary N) is 1. The highest BCUT2D eigenvalue weighted by atomic mass is 79.9. The maximum absolute atomic E-state index is 11.7. The molecule has 0 aliphatic heterocycles. The number of imidazole rings is 1. The van der Waals surface area contributed by atoms with Crippen molar-refractivity contribution in [3.8, 4) is 0 Å². The van der Waals surface area contributed by atoms with Crippen molar-refractivity contribution >= 4 is 33.3 Å². The van der Waals surface area contributed by atoms with Gasteiger partial charge in [-0.2, -0.15) is 0 Å². The van der Waals surface area contributed by atoms with Gasteiger partial charge in [0, 0.05) is 30.4 Å². The molecule has 8 heteroatoms. The number of aromatic amines is 1. The van der Waals surface area contributed by atoms with Crippen LogP contribution in [-0.2, 0) is 6.42 Å². The van der Waals surface area contributed by atoms with Crippen LogP contribution in [0.15, 0.2) is 44.2 Å². The Morgan fingerprint density at radius 3 is 3.10 bits per heavy atom. The molecule has 0 saturated heterocycles. The average Bonchev–Trinajstić information content (AvgIpc) is 2.86. The molecule has 21 heavy (non-hydrogen) atoms. The van der Waals surface area contributed by atoms with E-state index in [1.54, 1.807) is 6.20 Å². The van der Waals surface area contributed by atoms with Gasteiger partial charge < -0.3 is 9.38 Å². The quantitative estimate of drug-likeness (QED) is 0.719. The summed E-state index contributed by atoms with van der Waals surface area (Å²) < 4.78 is 2.57. The molecule has 0 spiro atoms. The number of hydrogen-bond donors (Lipinski definition) is 1. The molecule has 3 aromatic rings. The lowest BCUT2D eigenvalue weighted by atomic mass is 10.2. The van der Waals surface area contributed by atoms with Gasteiger partial charge in [0.25, 0.3) is 5.56 Å². The summed E-state index contributed by atoms with van der Waals surface area (Å²) >= 11 is 4.67. The molecule has 3 aromatic heterocycles. The summed E-state index contributed by atoms with van der Waals surface area (Å²) in [5, 5.41) is 1.22. The van der Waals surface area contributed by atoms with Crippen LogP contribution < -0.4 is 5.56 Å². The van der Waals surface area contributed by atoms with Gasteiger partial charge in [0.05, 0.1) is 0 Å². The van der Waals surface area contributed by atoms with E-state index in [1.807, 2.05) is 16.8 Å². The zero-order valence-corrected chi connectivity index (χ0v) is 13.6. The van der Waals surface area contributed by atoms with Crippen LogP contribution in [-0.4, -0.2) is 24.3 Å². The summed E-state index contributed by atoms with van der Waals surface area (Å²) in [5.41, 5.74) is 1.37. The fourth-order valence-electron chi connectivity index (χ4n) is 1.95. The molecule has 0 aliphatic rings. The van der Waals surface area contributed by atoms with Gasteiger partial charge in [0.1, 0.15) is 9.63 Å². The number of H-pyrrole nitrogens is 1. The maximum Gasteiger partial charge on any atom is 0.251 e. The van der Waals surface area contributed by atoms with Crippen molar-refractivity contribution in [3.05, 3.63) is 45.3 Å². The Morgan fingerprint density at radius 1 is 1.43 bits per heavy atom. The second-order valence-corrected chi connectivity index (χ2v) is 6.21. The van der Waals surface area contributed by atoms with Crippen molar-refractivity contribution in [2.24, 2.45) is 0 Å². The van der Waals surface area contributed by atoms with Gasteiger partial charge in [-0.25, -0.2) is 15.0 Å². The molecule has 3 rings (SSSR count). The van der Waals surface area contributed by atoms with Crippen molar-refractivity contribution in [3.63, 3.8) is 0 Å². The second-order valence-electron chi connectivity index (χ2n) is 4.42. The second kappa shape index (κ2) is 5.98. The lowest BCUT2D eigenvalue weighted by Crippen LogP contribution is -2.10. The van der Waals surface area contributed by atoms with E-state index in [2.05, 4.69) is 42.8 Å². The Morgan fingerprint density at radius 2 is 2.29 bits per heavy atom. The summed E-state index contributed by atoms with van der Waals surface area (Å²) in [5.74, 6) is 0. The summed E-state index contributed by atoms with van der Waals surface area (Å²) in [4.78, 5) is 27.6. The van der Waals surface area contributed by atoms with E-state index in [1.165, 1.54) is 17.8 Å². The third-order valence-corrected chi connectivity index (χ3v) is 4.02. The highest BCUT2D eigenvalue weighted by Crippen LogP contribution is 2.27. The number of aryl methyl sites for hydroxylation is 1. The number of hydrogen-bond acceptors (Lipinski definition) is 5. The molecule has 0 atom stereocenters. The van der Waals surface area contributed by atoms with Crippen molar-refractivity contribution in [2.45, 2.75) is 29.9 Å². The smallest absolute Gasteiger partial charge is 0.251 e. The normalized spacial score (nSPS) is 11.1. The van der Waals surface area contributed by atoms with Crippen LogP contribution in [0.2, 0.25) is 0 Å². The molecule has 108 valence electrons. The van der Waals surface area contributed by atoms with Gasteiger partial charge in [-0.15, -0.1) is 0 Å². The number of nitrogens with zero attached hydrogens (tertiary/aromatic N) is 4. The molecular weight excluding hydrogens is 354 g/mol. The molecule has 6 nitrogen and oxygen atoms in total. The number of rotatable bonds is 4. The fourth-order valence-corrected chi connectivity index (χ4v) is 3.36. The lowest BCUT2D eigenvalue weighted by Gasteiger charge is -2.05. The number of fused-ring (bicyclic) bond motifs is 1. The summed E-state index contributed by atoms with van der Waals surface area (Å²) in [6.07, 6.45) is 7.10. The van der Waals surface area contributed by atoms with Gasteiger partial charge in [0.15, 0.2) is 10.8 Å². The number of aromatic nitrogens is 5. The third-order valence-electron chi connectivity index (χ3n) is 2.79. The molecule has 0 bridgehead atoms. The van der Waals surface area contributed by atoms with Gasteiger partial charge in [-0.1, -0.05) is 13.3 Å². The first-order valence-corrected chi connectivity index (χ1v) is 8.04. The van der Waals surface area contributed by atoms with E-state index in [0.717, 1.165) is 24.2 Å². The minimum absolute atomic E-state index is 0.148. The van der Waals surface area contributed by atoms with Crippen molar-refractivity contribution in [2.75, 3.05) is 0 Å². The van der Waals surface area contributed by atoms with E-state index in [4.69, 9.17) is 0 Å². The first kappa shape index (κ1) is 14.3. The van der Waals surface area contributed by atoms with Crippen LogP contribution in [0.25, 0.3) is 5.65 Å². The Balaban J connectivity index is 2.02.